The van der Waals surface area contributed by atoms with Crippen molar-refractivity contribution in [3.8, 4) is 6.07 Å². The number of aryl methyl sites for hydroxylation is 1. The number of thioether (sulfide) groups is 1. The standard InChI is InChI=1S/C19H15N5S/c20-12-16-18(21)24(10-11-25-13-6-2-1-3-7-13)19-17(22-16)14-8-4-5-9-15(14)23-19/h1-9,21,23H,10-11H2. The van der Waals surface area contributed by atoms with Gasteiger partial charge in [0.2, 0.25) is 0 Å². The Hall–Kier alpha value is -3.04. The molecule has 4 aromatic rings. The molecule has 0 bridgehead atoms. The van der Waals surface area contributed by atoms with E-state index in [1.807, 2.05) is 47.0 Å². The third kappa shape index (κ3) is 2.79. The summed E-state index contributed by atoms with van der Waals surface area (Å²) in [7, 11) is 0. The van der Waals surface area contributed by atoms with Crippen LogP contribution in [0.3, 0.4) is 0 Å². The van der Waals surface area contributed by atoms with Crippen LogP contribution in [0.4, 0.5) is 0 Å². The van der Waals surface area contributed by atoms with Crippen molar-refractivity contribution < 1.29 is 0 Å². The number of H-pyrrole nitrogens is 1. The lowest BCUT2D eigenvalue weighted by molar-refractivity contribution is 0.723. The molecule has 0 radical (unpaired) electrons. The molecule has 2 aromatic carbocycles. The summed E-state index contributed by atoms with van der Waals surface area (Å²) >= 11 is 1.73. The Morgan fingerprint density at radius 3 is 2.68 bits per heavy atom. The van der Waals surface area contributed by atoms with Gasteiger partial charge in [0.15, 0.2) is 11.2 Å². The van der Waals surface area contributed by atoms with E-state index in [9.17, 15) is 5.26 Å². The van der Waals surface area contributed by atoms with Crippen LogP contribution < -0.4 is 5.49 Å². The molecule has 2 N–H and O–H groups in total. The van der Waals surface area contributed by atoms with Gasteiger partial charge in [0.25, 0.3) is 0 Å². The fourth-order valence-corrected chi connectivity index (χ4v) is 3.76. The SMILES string of the molecule is N#Cc1nc2c3ccccc3[nH]c2n(CCSc2ccccc2)c1=N. The van der Waals surface area contributed by atoms with Crippen LogP contribution >= 0.6 is 11.8 Å². The van der Waals surface area contributed by atoms with Gasteiger partial charge in [-0.15, -0.1) is 11.8 Å². The zero-order valence-electron chi connectivity index (χ0n) is 13.4. The van der Waals surface area contributed by atoms with Gasteiger partial charge in [-0.3, -0.25) is 5.41 Å². The van der Waals surface area contributed by atoms with Crippen molar-refractivity contribution >= 4 is 33.8 Å². The summed E-state index contributed by atoms with van der Waals surface area (Å²) in [5.41, 5.74) is 2.80. The summed E-state index contributed by atoms with van der Waals surface area (Å²) in [6, 6.07) is 20.1. The lowest BCUT2D eigenvalue weighted by Crippen LogP contribution is -2.25. The summed E-state index contributed by atoms with van der Waals surface area (Å²) < 4.78 is 1.84. The first-order valence-electron chi connectivity index (χ1n) is 7.92. The minimum atomic E-state index is 0.148. The van der Waals surface area contributed by atoms with Crippen LogP contribution in [-0.2, 0) is 6.54 Å². The highest BCUT2D eigenvalue weighted by molar-refractivity contribution is 7.99. The molecule has 0 amide bonds. The Morgan fingerprint density at radius 2 is 1.88 bits per heavy atom. The summed E-state index contributed by atoms with van der Waals surface area (Å²) in [4.78, 5) is 8.94. The fourth-order valence-electron chi connectivity index (χ4n) is 2.90. The van der Waals surface area contributed by atoms with E-state index in [1.54, 1.807) is 11.8 Å². The lowest BCUT2D eigenvalue weighted by atomic mass is 10.2. The second kappa shape index (κ2) is 6.46. The largest absolute Gasteiger partial charge is 0.339 e. The van der Waals surface area contributed by atoms with Gasteiger partial charge in [-0.05, 0) is 18.2 Å². The number of rotatable bonds is 4. The second-order valence-electron chi connectivity index (χ2n) is 5.60. The molecule has 25 heavy (non-hydrogen) atoms. The summed E-state index contributed by atoms with van der Waals surface area (Å²) in [6.45, 7) is 0.624. The lowest BCUT2D eigenvalue weighted by Gasteiger charge is -2.09. The van der Waals surface area contributed by atoms with E-state index in [0.717, 1.165) is 27.8 Å². The summed E-state index contributed by atoms with van der Waals surface area (Å²) in [5.74, 6) is 0.805. The molecule has 6 heteroatoms. The topological polar surface area (TPSA) is 81.2 Å². The van der Waals surface area contributed by atoms with Crippen molar-refractivity contribution in [2.75, 3.05) is 5.75 Å². The first-order valence-corrected chi connectivity index (χ1v) is 8.90. The second-order valence-corrected chi connectivity index (χ2v) is 6.77. The van der Waals surface area contributed by atoms with Crippen LogP contribution in [0.25, 0.3) is 22.1 Å². The number of nitrogens with one attached hydrogen (secondary N) is 2. The first-order chi connectivity index (χ1) is 12.3. The minimum Gasteiger partial charge on any atom is -0.339 e. The van der Waals surface area contributed by atoms with Gasteiger partial charge < -0.3 is 9.55 Å². The van der Waals surface area contributed by atoms with Crippen molar-refractivity contribution in [2.24, 2.45) is 0 Å². The van der Waals surface area contributed by atoms with E-state index in [1.165, 1.54) is 4.90 Å². The number of aromatic amines is 1. The molecular weight excluding hydrogens is 330 g/mol. The molecule has 0 spiro atoms. The molecule has 0 aliphatic heterocycles. The van der Waals surface area contributed by atoms with Crippen molar-refractivity contribution in [1.29, 1.82) is 10.7 Å². The van der Waals surface area contributed by atoms with Crippen LogP contribution in [0.1, 0.15) is 5.69 Å². The maximum atomic E-state index is 9.35. The molecule has 0 unspecified atom stereocenters. The Kier molecular flexibility index (Phi) is 4.00. The quantitative estimate of drug-likeness (QED) is 0.554. The fraction of sp³-hybridized carbons (Fsp3) is 0.105. The van der Waals surface area contributed by atoms with Gasteiger partial charge in [0, 0.05) is 28.1 Å². The predicted octanol–water partition coefficient (Wildman–Crippen LogP) is 3.66. The maximum Gasteiger partial charge on any atom is 0.183 e. The number of aromatic nitrogens is 3. The van der Waals surface area contributed by atoms with Gasteiger partial charge in [-0.2, -0.15) is 5.26 Å². The van der Waals surface area contributed by atoms with Crippen LogP contribution in [0.5, 0.6) is 0 Å². The normalized spacial score (nSPS) is 11.0. The molecule has 0 saturated carbocycles. The molecule has 0 aliphatic rings. The van der Waals surface area contributed by atoms with Crippen LogP contribution in [0.2, 0.25) is 0 Å². The number of nitriles is 1. The summed E-state index contributed by atoms with van der Waals surface area (Å²) in [5, 5.41) is 18.7. The van der Waals surface area contributed by atoms with E-state index in [0.29, 0.717) is 6.54 Å². The zero-order chi connectivity index (χ0) is 17.2. The third-order valence-corrected chi connectivity index (χ3v) is 5.07. The minimum absolute atomic E-state index is 0.148. The number of nitrogens with zero attached hydrogens (tertiary/aromatic N) is 3. The Morgan fingerprint density at radius 1 is 1.12 bits per heavy atom. The number of hydrogen-bond donors (Lipinski definition) is 2. The smallest absolute Gasteiger partial charge is 0.183 e. The molecular formula is C19H15N5S. The van der Waals surface area contributed by atoms with Gasteiger partial charge in [0.05, 0.1) is 0 Å². The van der Waals surface area contributed by atoms with Gasteiger partial charge >= 0.3 is 0 Å². The number of hydrogen-bond acceptors (Lipinski definition) is 4. The van der Waals surface area contributed by atoms with E-state index in [2.05, 4.69) is 28.2 Å². The zero-order valence-corrected chi connectivity index (χ0v) is 14.2. The number of para-hydroxylation sites is 1. The average molecular weight is 345 g/mol. The van der Waals surface area contributed by atoms with E-state index < -0.39 is 0 Å². The van der Waals surface area contributed by atoms with Crippen LogP contribution in [0.15, 0.2) is 59.5 Å². The Bertz CT molecular complexity index is 1150. The first kappa shape index (κ1) is 15.5. The Labute approximate surface area is 148 Å². The number of benzene rings is 2. The van der Waals surface area contributed by atoms with Crippen molar-refractivity contribution in [1.82, 2.24) is 14.5 Å². The highest BCUT2D eigenvalue weighted by Crippen LogP contribution is 2.23. The van der Waals surface area contributed by atoms with E-state index in [4.69, 9.17) is 5.41 Å². The summed E-state index contributed by atoms with van der Waals surface area (Å²) in [6.07, 6.45) is 0. The molecule has 4 rings (SSSR count). The molecule has 0 saturated heterocycles. The molecule has 0 atom stereocenters. The molecule has 122 valence electrons. The molecule has 2 heterocycles. The van der Waals surface area contributed by atoms with Crippen LogP contribution in [0, 0.1) is 16.7 Å². The van der Waals surface area contributed by atoms with Gasteiger partial charge in [-0.1, -0.05) is 36.4 Å². The Balaban J connectivity index is 1.77. The van der Waals surface area contributed by atoms with Crippen molar-refractivity contribution in [3.05, 3.63) is 65.8 Å². The average Bonchev–Trinajstić information content (AvgIpc) is 3.02. The monoisotopic (exact) mass is 345 g/mol. The van der Waals surface area contributed by atoms with Gasteiger partial charge in [0.1, 0.15) is 17.2 Å². The van der Waals surface area contributed by atoms with Gasteiger partial charge in [-0.25, -0.2) is 4.98 Å². The van der Waals surface area contributed by atoms with E-state index >= 15 is 0 Å². The molecule has 0 fully saturated rings. The molecule has 5 nitrogen and oxygen atoms in total. The third-order valence-electron chi connectivity index (χ3n) is 4.08. The molecule has 0 aliphatic carbocycles. The maximum absolute atomic E-state index is 9.35. The van der Waals surface area contributed by atoms with Crippen molar-refractivity contribution in [2.45, 2.75) is 11.4 Å². The van der Waals surface area contributed by atoms with E-state index in [-0.39, 0.29) is 11.2 Å². The van der Waals surface area contributed by atoms with Crippen molar-refractivity contribution in [3.63, 3.8) is 0 Å². The van der Waals surface area contributed by atoms with Crippen LogP contribution in [-0.4, -0.2) is 20.3 Å². The highest BCUT2D eigenvalue weighted by Gasteiger charge is 2.13. The number of fused-ring (bicyclic) bond motifs is 3. The molecule has 2 aromatic heterocycles. The predicted molar refractivity (Wildman–Crippen MR) is 99.3 cm³/mol. The highest BCUT2D eigenvalue weighted by atomic mass is 32.2.